The van der Waals surface area contributed by atoms with Crippen LogP contribution in [-0.2, 0) is 16.0 Å². The molecule has 2 fully saturated rings. The minimum absolute atomic E-state index is 0.0927. The smallest absolute Gasteiger partial charge is 0.0741 e. The van der Waals surface area contributed by atoms with Gasteiger partial charge in [-0.15, -0.1) is 11.3 Å². The van der Waals surface area contributed by atoms with E-state index in [4.69, 9.17) is 9.47 Å². The largest absolute Gasteiger partial charge is 0.381 e. The third kappa shape index (κ3) is 3.25. The van der Waals surface area contributed by atoms with E-state index < -0.39 is 0 Å². The first kappa shape index (κ1) is 14.5. The lowest BCUT2D eigenvalue weighted by Gasteiger charge is -2.43. The van der Waals surface area contributed by atoms with Crippen LogP contribution in [0.15, 0.2) is 6.07 Å². The number of rotatable bonds is 3. The van der Waals surface area contributed by atoms with E-state index in [-0.39, 0.29) is 5.60 Å². The Morgan fingerprint density at radius 3 is 2.80 bits per heavy atom. The summed E-state index contributed by atoms with van der Waals surface area (Å²) in [5, 5.41) is 3.74. The van der Waals surface area contributed by atoms with Crippen molar-refractivity contribution in [3.63, 3.8) is 0 Å². The van der Waals surface area contributed by atoms with Crippen molar-refractivity contribution < 1.29 is 9.47 Å². The van der Waals surface area contributed by atoms with Gasteiger partial charge in [-0.3, -0.25) is 0 Å². The highest BCUT2D eigenvalue weighted by Gasteiger charge is 2.38. The molecule has 0 aliphatic carbocycles. The van der Waals surface area contributed by atoms with Gasteiger partial charge in [-0.1, -0.05) is 0 Å². The highest BCUT2D eigenvalue weighted by atomic mass is 32.1. The molecule has 1 aromatic rings. The molecule has 2 aliphatic rings. The highest BCUT2D eigenvalue weighted by Crippen LogP contribution is 2.34. The molecule has 3 rings (SSSR count). The molecule has 0 radical (unpaired) electrons. The topological polar surface area (TPSA) is 30.5 Å². The number of hydrogen-bond acceptors (Lipinski definition) is 4. The Labute approximate surface area is 125 Å². The lowest BCUT2D eigenvalue weighted by atomic mass is 9.84. The molecule has 4 heteroatoms. The molecule has 0 aromatic carbocycles. The van der Waals surface area contributed by atoms with Crippen LogP contribution in [0, 0.1) is 13.8 Å². The second-order valence-electron chi connectivity index (χ2n) is 6.17. The van der Waals surface area contributed by atoms with Crippen LogP contribution in [0.4, 0.5) is 0 Å². The Kier molecular flexibility index (Phi) is 4.46. The second kappa shape index (κ2) is 6.14. The van der Waals surface area contributed by atoms with E-state index in [1.54, 1.807) is 0 Å². The van der Waals surface area contributed by atoms with Crippen LogP contribution in [0.25, 0.3) is 0 Å². The molecule has 1 unspecified atom stereocenters. The summed E-state index contributed by atoms with van der Waals surface area (Å²) >= 11 is 1.92. The normalized spacial score (nSPS) is 26.0. The van der Waals surface area contributed by atoms with Gasteiger partial charge in [0.15, 0.2) is 0 Å². The van der Waals surface area contributed by atoms with E-state index in [2.05, 4.69) is 25.2 Å². The molecule has 2 aliphatic heterocycles. The van der Waals surface area contributed by atoms with Gasteiger partial charge in [0, 0.05) is 42.2 Å². The molecule has 3 nitrogen and oxygen atoms in total. The van der Waals surface area contributed by atoms with Crippen molar-refractivity contribution in [2.24, 2.45) is 0 Å². The number of aryl methyl sites for hydroxylation is 2. The van der Waals surface area contributed by atoms with Crippen LogP contribution in [0.3, 0.4) is 0 Å². The van der Waals surface area contributed by atoms with E-state index in [1.807, 2.05) is 11.3 Å². The fraction of sp³-hybridized carbons (Fsp3) is 0.750. The van der Waals surface area contributed by atoms with E-state index in [9.17, 15) is 0 Å². The van der Waals surface area contributed by atoms with Crippen molar-refractivity contribution >= 4 is 11.3 Å². The number of ether oxygens (including phenoxy) is 2. The van der Waals surface area contributed by atoms with Gasteiger partial charge in [0.1, 0.15) is 0 Å². The average Bonchev–Trinajstić information content (AvgIpc) is 2.77. The van der Waals surface area contributed by atoms with Gasteiger partial charge < -0.3 is 14.8 Å². The van der Waals surface area contributed by atoms with Gasteiger partial charge in [-0.2, -0.15) is 0 Å². The standard InChI is InChI=1S/C16H25NO2S/c1-12-9-15(20-13(12)2)11-17-14-3-6-19-16(10-14)4-7-18-8-5-16/h9,14,17H,3-8,10-11H2,1-2H3. The fourth-order valence-electron chi connectivity index (χ4n) is 3.28. The summed E-state index contributed by atoms with van der Waals surface area (Å²) in [5.74, 6) is 0. The first-order chi connectivity index (χ1) is 9.67. The zero-order chi connectivity index (χ0) is 14.0. The molecule has 112 valence electrons. The summed E-state index contributed by atoms with van der Waals surface area (Å²) in [6, 6.07) is 2.90. The SMILES string of the molecule is Cc1cc(CNC2CCOC3(CCOCC3)C2)sc1C. The van der Waals surface area contributed by atoms with Crippen molar-refractivity contribution in [3.05, 3.63) is 21.4 Å². The molecule has 2 saturated heterocycles. The highest BCUT2D eigenvalue weighted by molar-refractivity contribution is 7.12. The molecule has 0 amide bonds. The van der Waals surface area contributed by atoms with Crippen molar-refractivity contribution in [2.45, 2.75) is 57.7 Å². The predicted octanol–water partition coefficient (Wildman–Crippen LogP) is 3.18. The summed E-state index contributed by atoms with van der Waals surface area (Å²) in [6.45, 7) is 8.00. The van der Waals surface area contributed by atoms with Crippen molar-refractivity contribution in [1.29, 1.82) is 0 Å². The molecule has 0 saturated carbocycles. The summed E-state index contributed by atoms with van der Waals surface area (Å²) in [7, 11) is 0. The van der Waals surface area contributed by atoms with Gasteiger partial charge in [0.2, 0.25) is 0 Å². The Balaban J connectivity index is 1.54. The fourth-order valence-corrected chi connectivity index (χ4v) is 4.28. The first-order valence-corrected chi connectivity index (χ1v) is 8.50. The van der Waals surface area contributed by atoms with Crippen molar-refractivity contribution in [2.75, 3.05) is 19.8 Å². The monoisotopic (exact) mass is 295 g/mol. The van der Waals surface area contributed by atoms with Crippen LogP contribution in [0.2, 0.25) is 0 Å². The Morgan fingerprint density at radius 1 is 1.30 bits per heavy atom. The molecule has 1 spiro atoms. The summed E-state index contributed by atoms with van der Waals surface area (Å²) in [4.78, 5) is 2.89. The van der Waals surface area contributed by atoms with Gasteiger partial charge in [0.25, 0.3) is 0 Å². The zero-order valence-corrected chi connectivity index (χ0v) is 13.4. The van der Waals surface area contributed by atoms with Crippen LogP contribution >= 0.6 is 11.3 Å². The average molecular weight is 295 g/mol. The maximum Gasteiger partial charge on any atom is 0.0741 e. The molecule has 3 heterocycles. The van der Waals surface area contributed by atoms with Gasteiger partial charge in [0.05, 0.1) is 5.60 Å². The van der Waals surface area contributed by atoms with Gasteiger partial charge >= 0.3 is 0 Å². The van der Waals surface area contributed by atoms with E-state index in [1.165, 1.54) is 15.3 Å². The Bertz CT molecular complexity index is 426. The first-order valence-electron chi connectivity index (χ1n) is 7.68. The van der Waals surface area contributed by atoms with E-state index in [0.29, 0.717) is 6.04 Å². The van der Waals surface area contributed by atoms with Crippen LogP contribution in [0.5, 0.6) is 0 Å². The van der Waals surface area contributed by atoms with E-state index in [0.717, 1.165) is 52.0 Å². The Hall–Kier alpha value is -0.420. The number of thiophene rings is 1. The van der Waals surface area contributed by atoms with Crippen molar-refractivity contribution in [3.8, 4) is 0 Å². The molecule has 1 N–H and O–H groups in total. The molecule has 20 heavy (non-hydrogen) atoms. The Morgan fingerprint density at radius 2 is 2.10 bits per heavy atom. The molecular weight excluding hydrogens is 270 g/mol. The summed E-state index contributed by atoms with van der Waals surface area (Å²) < 4.78 is 11.6. The van der Waals surface area contributed by atoms with Crippen LogP contribution in [0.1, 0.15) is 41.0 Å². The van der Waals surface area contributed by atoms with Crippen LogP contribution in [-0.4, -0.2) is 31.5 Å². The minimum Gasteiger partial charge on any atom is -0.381 e. The van der Waals surface area contributed by atoms with E-state index >= 15 is 0 Å². The van der Waals surface area contributed by atoms with Gasteiger partial charge in [-0.25, -0.2) is 0 Å². The quantitative estimate of drug-likeness (QED) is 0.929. The maximum atomic E-state index is 6.09. The van der Waals surface area contributed by atoms with Crippen molar-refractivity contribution in [1.82, 2.24) is 5.32 Å². The third-order valence-electron chi connectivity index (χ3n) is 4.68. The van der Waals surface area contributed by atoms with Gasteiger partial charge in [-0.05, 0) is 51.2 Å². The molecule has 1 aromatic heterocycles. The number of nitrogens with one attached hydrogen (secondary N) is 1. The number of hydrogen-bond donors (Lipinski definition) is 1. The lowest BCUT2D eigenvalue weighted by Crippen LogP contribution is -2.49. The second-order valence-corrected chi connectivity index (χ2v) is 7.51. The lowest BCUT2D eigenvalue weighted by molar-refractivity contribution is -0.140. The molecule has 0 bridgehead atoms. The maximum absolute atomic E-state index is 6.09. The zero-order valence-electron chi connectivity index (χ0n) is 12.5. The predicted molar refractivity (Wildman–Crippen MR) is 82.4 cm³/mol. The molecular formula is C16H25NO2S. The summed E-state index contributed by atoms with van der Waals surface area (Å²) in [6.07, 6.45) is 4.39. The third-order valence-corrected chi connectivity index (χ3v) is 5.83. The van der Waals surface area contributed by atoms with Crippen LogP contribution < -0.4 is 5.32 Å². The minimum atomic E-state index is 0.0927. The summed E-state index contributed by atoms with van der Waals surface area (Å²) in [5.41, 5.74) is 1.51. The molecule has 1 atom stereocenters.